The summed E-state index contributed by atoms with van der Waals surface area (Å²) in [5.74, 6) is 2.62. The lowest BCUT2D eigenvalue weighted by atomic mass is 10.0. The van der Waals surface area contributed by atoms with E-state index in [9.17, 15) is 0 Å². The maximum absolute atomic E-state index is 5.61. The van der Waals surface area contributed by atoms with Crippen LogP contribution in [0, 0.1) is 0 Å². The van der Waals surface area contributed by atoms with Gasteiger partial charge in [-0.1, -0.05) is 0 Å². The molecule has 0 amide bonds. The van der Waals surface area contributed by atoms with Gasteiger partial charge in [0.2, 0.25) is 11.5 Å². The minimum absolute atomic E-state index is 0.417. The smallest absolute Gasteiger partial charge is 0.207 e. The lowest BCUT2D eigenvalue weighted by Crippen LogP contribution is -2.00. The molecule has 1 N–H and O–H groups in total. The molecule has 3 rings (SSSR count). The molecule has 3 aromatic rings. The quantitative estimate of drug-likeness (QED) is 0.634. The summed E-state index contributed by atoms with van der Waals surface area (Å²) < 4.78 is 27.5. The van der Waals surface area contributed by atoms with E-state index in [1.54, 1.807) is 34.5 Å². The molecule has 0 radical (unpaired) electrons. The monoisotopic (exact) mass is 385 g/mol. The number of nitrogens with one attached hydrogen (secondary N) is 1. The summed E-state index contributed by atoms with van der Waals surface area (Å²) in [7, 11) is 6.20. The first-order chi connectivity index (χ1) is 13.7. The molecule has 0 fully saturated rings. The lowest BCUT2D eigenvalue weighted by Gasteiger charge is -2.18. The van der Waals surface area contributed by atoms with Crippen molar-refractivity contribution in [2.75, 3.05) is 35.0 Å². The van der Waals surface area contributed by atoms with Gasteiger partial charge in [0.05, 0.1) is 40.6 Å². The summed E-state index contributed by atoms with van der Waals surface area (Å²) in [6.45, 7) is 2.55. The fraction of sp³-hybridized carbons (Fsp3) is 0.300. The SMILES string of the molecule is CCOc1ccc(-c2n[nH]nc2-c2cc(OC)c(OC)c(OC)c2OC)cc1. The Hall–Kier alpha value is -3.42. The standard InChI is InChI=1S/C20H23N3O5/c1-6-28-13-9-7-12(8-10-13)16-17(22-23-21-16)14-11-15(24-2)19(26-4)20(27-5)18(14)25-3/h7-11H,6H2,1-5H3,(H,21,22,23). The molecule has 1 aromatic heterocycles. The van der Waals surface area contributed by atoms with Crippen molar-refractivity contribution in [1.82, 2.24) is 15.4 Å². The van der Waals surface area contributed by atoms with Gasteiger partial charge in [0.15, 0.2) is 11.5 Å². The molecule has 0 unspecified atom stereocenters. The van der Waals surface area contributed by atoms with E-state index in [0.29, 0.717) is 46.6 Å². The molecule has 0 aliphatic heterocycles. The molecule has 1 heterocycles. The Balaban J connectivity index is 2.16. The highest BCUT2D eigenvalue weighted by atomic mass is 16.5. The van der Waals surface area contributed by atoms with Crippen LogP contribution in [0.3, 0.4) is 0 Å². The Bertz CT molecular complexity index is 938. The van der Waals surface area contributed by atoms with Gasteiger partial charge in [-0.25, -0.2) is 0 Å². The van der Waals surface area contributed by atoms with Crippen molar-refractivity contribution in [3.63, 3.8) is 0 Å². The number of H-pyrrole nitrogens is 1. The maximum atomic E-state index is 5.61. The van der Waals surface area contributed by atoms with Gasteiger partial charge < -0.3 is 23.7 Å². The highest BCUT2D eigenvalue weighted by molar-refractivity contribution is 5.85. The van der Waals surface area contributed by atoms with Gasteiger partial charge in [0.1, 0.15) is 17.1 Å². The second-order valence-corrected chi connectivity index (χ2v) is 5.70. The predicted octanol–water partition coefficient (Wildman–Crippen LogP) is 3.57. The molecule has 0 saturated heterocycles. The minimum atomic E-state index is 0.417. The number of ether oxygens (including phenoxy) is 5. The van der Waals surface area contributed by atoms with Gasteiger partial charge in [-0.15, -0.1) is 0 Å². The van der Waals surface area contributed by atoms with E-state index >= 15 is 0 Å². The number of benzene rings is 2. The molecule has 8 nitrogen and oxygen atoms in total. The molecule has 0 aliphatic rings. The third-order valence-corrected chi connectivity index (χ3v) is 4.23. The third-order valence-electron chi connectivity index (χ3n) is 4.23. The number of hydrogen-bond acceptors (Lipinski definition) is 7. The lowest BCUT2D eigenvalue weighted by molar-refractivity contribution is 0.306. The van der Waals surface area contributed by atoms with Crippen molar-refractivity contribution in [1.29, 1.82) is 0 Å². The molecule has 0 saturated carbocycles. The third kappa shape index (κ3) is 3.40. The van der Waals surface area contributed by atoms with Crippen molar-refractivity contribution in [3.8, 4) is 51.3 Å². The molecular formula is C20H23N3O5. The predicted molar refractivity (Wildman–Crippen MR) is 105 cm³/mol. The molecule has 0 aliphatic carbocycles. The van der Waals surface area contributed by atoms with Crippen LogP contribution in [0.5, 0.6) is 28.7 Å². The second kappa shape index (κ2) is 8.51. The van der Waals surface area contributed by atoms with Gasteiger partial charge in [0, 0.05) is 5.56 Å². The van der Waals surface area contributed by atoms with Crippen LogP contribution in [0.1, 0.15) is 6.92 Å². The minimum Gasteiger partial charge on any atom is -0.494 e. The number of nitrogens with zero attached hydrogens (tertiary/aromatic N) is 2. The zero-order valence-electron chi connectivity index (χ0n) is 16.5. The Morgan fingerprint density at radius 3 is 2.00 bits per heavy atom. The van der Waals surface area contributed by atoms with Gasteiger partial charge in [-0.2, -0.15) is 15.4 Å². The summed E-state index contributed by atoms with van der Waals surface area (Å²) in [4.78, 5) is 0. The van der Waals surface area contributed by atoms with Crippen molar-refractivity contribution in [2.45, 2.75) is 6.92 Å². The van der Waals surface area contributed by atoms with Crippen LogP contribution in [0.25, 0.3) is 22.5 Å². The number of methoxy groups -OCH3 is 4. The Kier molecular flexibility index (Phi) is 5.88. The first kappa shape index (κ1) is 19.3. The molecule has 28 heavy (non-hydrogen) atoms. The van der Waals surface area contributed by atoms with Crippen LogP contribution in [-0.2, 0) is 0 Å². The van der Waals surface area contributed by atoms with E-state index in [1.807, 2.05) is 31.2 Å². The van der Waals surface area contributed by atoms with Gasteiger partial charge in [-0.05, 0) is 37.3 Å². The van der Waals surface area contributed by atoms with Crippen LogP contribution in [0.4, 0.5) is 0 Å². The fourth-order valence-electron chi connectivity index (χ4n) is 3.00. The maximum Gasteiger partial charge on any atom is 0.207 e. The van der Waals surface area contributed by atoms with Crippen LogP contribution < -0.4 is 23.7 Å². The summed E-state index contributed by atoms with van der Waals surface area (Å²) in [5, 5.41) is 11.3. The zero-order valence-corrected chi connectivity index (χ0v) is 16.5. The Labute approximate surface area is 163 Å². The zero-order chi connectivity index (χ0) is 20.1. The average molecular weight is 385 g/mol. The second-order valence-electron chi connectivity index (χ2n) is 5.70. The number of aromatic amines is 1. The summed E-state index contributed by atoms with van der Waals surface area (Å²) in [6, 6.07) is 9.43. The largest absolute Gasteiger partial charge is 0.494 e. The Morgan fingerprint density at radius 2 is 1.43 bits per heavy atom. The molecule has 2 aromatic carbocycles. The highest BCUT2D eigenvalue weighted by Gasteiger charge is 2.26. The molecule has 0 bridgehead atoms. The average Bonchev–Trinajstić information content (AvgIpc) is 3.22. The van der Waals surface area contributed by atoms with Crippen LogP contribution in [-0.4, -0.2) is 50.5 Å². The van der Waals surface area contributed by atoms with E-state index in [-0.39, 0.29) is 0 Å². The first-order valence-electron chi connectivity index (χ1n) is 8.69. The summed E-state index contributed by atoms with van der Waals surface area (Å²) in [6.07, 6.45) is 0. The van der Waals surface area contributed by atoms with Crippen LogP contribution in [0.15, 0.2) is 30.3 Å². The van der Waals surface area contributed by atoms with E-state index in [0.717, 1.165) is 11.3 Å². The molecule has 0 spiro atoms. The molecule has 8 heteroatoms. The Morgan fingerprint density at radius 1 is 0.786 bits per heavy atom. The number of hydrogen-bond donors (Lipinski definition) is 1. The van der Waals surface area contributed by atoms with Gasteiger partial charge in [0.25, 0.3) is 0 Å². The fourth-order valence-corrected chi connectivity index (χ4v) is 3.00. The molecule has 148 valence electrons. The summed E-state index contributed by atoms with van der Waals surface area (Å²) in [5.41, 5.74) is 2.80. The van der Waals surface area contributed by atoms with Crippen molar-refractivity contribution >= 4 is 0 Å². The van der Waals surface area contributed by atoms with Crippen molar-refractivity contribution in [2.24, 2.45) is 0 Å². The summed E-state index contributed by atoms with van der Waals surface area (Å²) >= 11 is 0. The normalized spacial score (nSPS) is 10.5. The first-order valence-corrected chi connectivity index (χ1v) is 8.69. The molecule has 0 atom stereocenters. The van der Waals surface area contributed by atoms with Crippen LogP contribution in [0.2, 0.25) is 0 Å². The van der Waals surface area contributed by atoms with E-state index in [4.69, 9.17) is 23.7 Å². The van der Waals surface area contributed by atoms with Gasteiger partial charge >= 0.3 is 0 Å². The topological polar surface area (TPSA) is 87.7 Å². The highest BCUT2D eigenvalue weighted by Crippen LogP contribution is 2.50. The number of aromatic nitrogens is 3. The van der Waals surface area contributed by atoms with Crippen molar-refractivity contribution in [3.05, 3.63) is 30.3 Å². The number of rotatable bonds is 8. The van der Waals surface area contributed by atoms with E-state index < -0.39 is 0 Å². The van der Waals surface area contributed by atoms with E-state index in [2.05, 4.69) is 15.4 Å². The van der Waals surface area contributed by atoms with Gasteiger partial charge in [-0.3, -0.25) is 0 Å². The van der Waals surface area contributed by atoms with Crippen molar-refractivity contribution < 1.29 is 23.7 Å². The van der Waals surface area contributed by atoms with E-state index in [1.165, 1.54) is 0 Å². The van der Waals surface area contributed by atoms with Crippen LogP contribution >= 0.6 is 0 Å². The molecular weight excluding hydrogens is 362 g/mol.